The van der Waals surface area contributed by atoms with E-state index in [0.717, 1.165) is 18.4 Å². The fourth-order valence-electron chi connectivity index (χ4n) is 2.83. The zero-order valence-electron chi connectivity index (χ0n) is 9.63. The number of hydrogen-bond donors (Lipinski definition) is 1. The van der Waals surface area contributed by atoms with Gasteiger partial charge in [0.15, 0.2) is 0 Å². The second-order valence-corrected chi connectivity index (χ2v) is 5.50. The summed E-state index contributed by atoms with van der Waals surface area (Å²) >= 11 is 0. The molecule has 0 unspecified atom stereocenters. The molecule has 1 saturated heterocycles. The second kappa shape index (κ2) is 3.82. The van der Waals surface area contributed by atoms with Gasteiger partial charge in [-0.1, -0.05) is 13.8 Å². The minimum absolute atomic E-state index is 0.446. The lowest BCUT2D eigenvalue weighted by Gasteiger charge is -2.38. The molecule has 0 aromatic carbocycles. The fraction of sp³-hybridized carbons (Fsp3) is 1.00. The number of nitrogens with zero attached hydrogens (tertiary/aromatic N) is 1. The van der Waals surface area contributed by atoms with Gasteiger partial charge < -0.3 is 5.73 Å². The van der Waals surface area contributed by atoms with Gasteiger partial charge in [-0.05, 0) is 50.6 Å². The summed E-state index contributed by atoms with van der Waals surface area (Å²) in [6.07, 6.45) is 5.46. The molecule has 1 aliphatic heterocycles. The molecule has 2 nitrogen and oxygen atoms in total. The monoisotopic (exact) mass is 196 g/mol. The lowest BCUT2D eigenvalue weighted by molar-refractivity contribution is 0.105. The van der Waals surface area contributed by atoms with Gasteiger partial charge in [-0.15, -0.1) is 0 Å². The molecule has 0 radical (unpaired) electrons. The van der Waals surface area contributed by atoms with Crippen molar-refractivity contribution >= 4 is 0 Å². The summed E-state index contributed by atoms with van der Waals surface area (Å²) in [5.41, 5.74) is 6.30. The van der Waals surface area contributed by atoms with Gasteiger partial charge in [0.2, 0.25) is 0 Å². The number of rotatable bonds is 3. The largest absolute Gasteiger partial charge is 0.329 e. The lowest BCUT2D eigenvalue weighted by Crippen LogP contribution is -2.47. The Hall–Kier alpha value is -0.0800. The molecular weight excluding hydrogens is 172 g/mol. The minimum Gasteiger partial charge on any atom is -0.329 e. The maximum Gasteiger partial charge on any atom is 0.0333 e. The van der Waals surface area contributed by atoms with Crippen LogP contribution in [0, 0.1) is 11.8 Å². The molecule has 14 heavy (non-hydrogen) atoms. The summed E-state index contributed by atoms with van der Waals surface area (Å²) in [6.45, 7) is 8.17. The van der Waals surface area contributed by atoms with Crippen molar-refractivity contribution in [3.63, 3.8) is 0 Å². The first-order valence-corrected chi connectivity index (χ1v) is 6.13. The molecule has 2 fully saturated rings. The molecular formula is C12H24N2. The van der Waals surface area contributed by atoms with Crippen LogP contribution in [0.3, 0.4) is 0 Å². The molecule has 1 aliphatic carbocycles. The quantitative estimate of drug-likeness (QED) is 0.746. The predicted octanol–water partition coefficient (Wildman–Crippen LogP) is 1.85. The van der Waals surface area contributed by atoms with Crippen LogP contribution in [0.5, 0.6) is 0 Å². The van der Waals surface area contributed by atoms with Crippen LogP contribution in [-0.4, -0.2) is 30.1 Å². The first kappa shape index (κ1) is 10.4. The Morgan fingerprint density at radius 3 is 2.21 bits per heavy atom. The van der Waals surface area contributed by atoms with E-state index in [4.69, 9.17) is 5.73 Å². The summed E-state index contributed by atoms with van der Waals surface area (Å²) in [6, 6.07) is 0. The van der Waals surface area contributed by atoms with E-state index in [1.54, 1.807) is 0 Å². The molecule has 2 aliphatic rings. The Balaban J connectivity index is 1.84. The van der Waals surface area contributed by atoms with Crippen LogP contribution in [0.1, 0.15) is 39.5 Å². The van der Waals surface area contributed by atoms with Gasteiger partial charge in [0.25, 0.3) is 0 Å². The van der Waals surface area contributed by atoms with Gasteiger partial charge in [-0.25, -0.2) is 0 Å². The zero-order valence-corrected chi connectivity index (χ0v) is 9.63. The van der Waals surface area contributed by atoms with Gasteiger partial charge in [0.05, 0.1) is 0 Å². The predicted molar refractivity (Wildman–Crippen MR) is 60.2 cm³/mol. The van der Waals surface area contributed by atoms with Crippen LogP contribution in [-0.2, 0) is 0 Å². The summed E-state index contributed by atoms with van der Waals surface area (Å²) in [7, 11) is 0. The Morgan fingerprint density at radius 1 is 1.29 bits per heavy atom. The molecule has 1 saturated carbocycles. The van der Waals surface area contributed by atoms with Crippen molar-refractivity contribution in [3.8, 4) is 0 Å². The molecule has 1 heterocycles. The SMILES string of the molecule is CC(C)C1CCN(C2(CN)CC2)CC1. The molecule has 0 aromatic rings. The Kier molecular flexibility index (Phi) is 2.85. The minimum atomic E-state index is 0.446. The molecule has 0 amide bonds. The third kappa shape index (κ3) is 1.82. The van der Waals surface area contributed by atoms with Gasteiger partial charge >= 0.3 is 0 Å². The maximum atomic E-state index is 5.85. The van der Waals surface area contributed by atoms with Gasteiger partial charge in [-0.2, -0.15) is 0 Å². The van der Waals surface area contributed by atoms with E-state index in [-0.39, 0.29) is 0 Å². The van der Waals surface area contributed by atoms with Crippen LogP contribution in [0.2, 0.25) is 0 Å². The Labute approximate surface area is 87.8 Å². The highest BCUT2D eigenvalue weighted by molar-refractivity contribution is 5.05. The van der Waals surface area contributed by atoms with Crippen LogP contribution < -0.4 is 5.73 Å². The topological polar surface area (TPSA) is 29.3 Å². The Morgan fingerprint density at radius 2 is 1.86 bits per heavy atom. The Bertz CT molecular complexity index is 188. The molecule has 2 N–H and O–H groups in total. The summed E-state index contributed by atoms with van der Waals surface area (Å²) in [5.74, 6) is 1.82. The van der Waals surface area contributed by atoms with Crippen molar-refractivity contribution < 1.29 is 0 Å². The third-order valence-electron chi connectivity index (χ3n) is 4.36. The smallest absolute Gasteiger partial charge is 0.0333 e. The van der Waals surface area contributed by atoms with Gasteiger partial charge in [0, 0.05) is 12.1 Å². The van der Waals surface area contributed by atoms with E-state index in [2.05, 4.69) is 18.7 Å². The van der Waals surface area contributed by atoms with Crippen molar-refractivity contribution in [3.05, 3.63) is 0 Å². The van der Waals surface area contributed by atoms with Crippen LogP contribution in [0.15, 0.2) is 0 Å². The molecule has 0 atom stereocenters. The van der Waals surface area contributed by atoms with Crippen molar-refractivity contribution in [2.75, 3.05) is 19.6 Å². The first-order chi connectivity index (χ1) is 6.68. The molecule has 0 spiro atoms. The van der Waals surface area contributed by atoms with E-state index in [9.17, 15) is 0 Å². The van der Waals surface area contributed by atoms with Crippen molar-refractivity contribution in [1.82, 2.24) is 4.90 Å². The molecule has 2 rings (SSSR count). The maximum absolute atomic E-state index is 5.85. The van der Waals surface area contributed by atoms with E-state index in [0.29, 0.717) is 5.54 Å². The second-order valence-electron chi connectivity index (χ2n) is 5.50. The van der Waals surface area contributed by atoms with Crippen LogP contribution in [0.4, 0.5) is 0 Å². The molecule has 0 aromatic heterocycles. The highest BCUT2D eigenvalue weighted by Crippen LogP contribution is 2.43. The number of piperidine rings is 1. The van der Waals surface area contributed by atoms with Crippen molar-refractivity contribution in [1.29, 1.82) is 0 Å². The fourth-order valence-corrected chi connectivity index (χ4v) is 2.83. The van der Waals surface area contributed by atoms with Crippen molar-refractivity contribution in [2.45, 2.75) is 45.1 Å². The number of likely N-dealkylation sites (tertiary alicyclic amines) is 1. The molecule has 0 bridgehead atoms. The van der Waals surface area contributed by atoms with Crippen molar-refractivity contribution in [2.24, 2.45) is 17.6 Å². The summed E-state index contributed by atoms with van der Waals surface area (Å²) in [5, 5.41) is 0. The normalized spacial score (nSPS) is 28.3. The van der Waals surface area contributed by atoms with E-state index < -0.39 is 0 Å². The van der Waals surface area contributed by atoms with Gasteiger partial charge in [-0.3, -0.25) is 4.90 Å². The van der Waals surface area contributed by atoms with Gasteiger partial charge in [0.1, 0.15) is 0 Å². The first-order valence-electron chi connectivity index (χ1n) is 6.13. The number of nitrogens with two attached hydrogens (primary N) is 1. The molecule has 82 valence electrons. The number of hydrogen-bond acceptors (Lipinski definition) is 2. The van der Waals surface area contributed by atoms with Crippen LogP contribution >= 0.6 is 0 Å². The third-order valence-corrected chi connectivity index (χ3v) is 4.36. The zero-order chi connectivity index (χ0) is 10.2. The molecule has 2 heteroatoms. The standard InChI is InChI=1S/C12H24N2/c1-10(2)11-3-7-14(8-4-11)12(9-13)5-6-12/h10-11H,3-9,13H2,1-2H3. The lowest BCUT2D eigenvalue weighted by atomic mass is 9.86. The average Bonchev–Trinajstić information content (AvgIpc) is 2.99. The summed E-state index contributed by atoms with van der Waals surface area (Å²) < 4.78 is 0. The highest BCUT2D eigenvalue weighted by Gasteiger charge is 2.47. The summed E-state index contributed by atoms with van der Waals surface area (Å²) in [4.78, 5) is 2.66. The highest BCUT2D eigenvalue weighted by atomic mass is 15.2. The van der Waals surface area contributed by atoms with E-state index in [1.807, 2.05) is 0 Å². The van der Waals surface area contributed by atoms with E-state index >= 15 is 0 Å². The van der Waals surface area contributed by atoms with Crippen LogP contribution in [0.25, 0.3) is 0 Å². The van der Waals surface area contributed by atoms with E-state index in [1.165, 1.54) is 38.8 Å². The average molecular weight is 196 g/mol.